The van der Waals surface area contributed by atoms with Crippen molar-refractivity contribution in [2.75, 3.05) is 19.0 Å². The predicted octanol–water partition coefficient (Wildman–Crippen LogP) is 3.68. The minimum absolute atomic E-state index is 0. The number of aliphatic carboxylic acids is 1. The lowest BCUT2D eigenvalue weighted by atomic mass is 9.91. The molecule has 0 radical (unpaired) electrons. The Balaban J connectivity index is 0.00000225. The molecule has 1 fully saturated rings. The first-order valence-electron chi connectivity index (χ1n) is 8.92. The molecule has 3 N–H and O–H groups in total. The van der Waals surface area contributed by atoms with Gasteiger partial charge in [0.15, 0.2) is 6.23 Å². The summed E-state index contributed by atoms with van der Waals surface area (Å²) >= 11 is 0. The molecule has 148 valence electrons. The van der Waals surface area contributed by atoms with Gasteiger partial charge in [0.05, 0.1) is 13.2 Å². The van der Waals surface area contributed by atoms with Crippen molar-refractivity contribution in [1.82, 2.24) is 5.32 Å². The summed E-state index contributed by atoms with van der Waals surface area (Å²) in [4.78, 5) is 11.2. The predicted molar refractivity (Wildman–Crippen MR) is 111 cm³/mol. The van der Waals surface area contributed by atoms with Gasteiger partial charge in [0, 0.05) is 35.3 Å². The second-order valence-corrected chi connectivity index (χ2v) is 6.75. The first-order valence-corrected chi connectivity index (χ1v) is 8.92. The molecule has 0 bridgehead atoms. The first kappa shape index (κ1) is 20.2. The van der Waals surface area contributed by atoms with Gasteiger partial charge >= 0.3 is 5.97 Å². The highest BCUT2D eigenvalue weighted by Gasteiger charge is 2.34. The average Bonchev–Trinajstić information content (AvgIpc) is 3.16. The lowest BCUT2D eigenvalue weighted by Gasteiger charge is -2.32. The van der Waals surface area contributed by atoms with Gasteiger partial charge < -0.3 is 25.2 Å². The number of fused-ring (bicyclic) bond motifs is 3. The fourth-order valence-electron chi connectivity index (χ4n) is 3.76. The number of halogens is 1. The van der Waals surface area contributed by atoms with E-state index >= 15 is 0 Å². The molecule has 0 saturated carbocycles. The van der Waals surface area contributed by atoms with Gasteiger partial charge in [-0.2, -0.15) is 0 Å². The summed E-state index contributed by atoms with van der Waals surface area (Å²) in [5.41, 5.74) is 4.97. The van der Waals surface area contributed by atoms with Crippen LogP contribution in [-0.4, -0.2) is 36.9 Å². The van der Waals surface area contributed by atoms with Crippen LogP contribution >= 0.6 is 12.4 Å². The Morgan fingerprint density at radius 1 is 1.29 bits per heavy atom. The number of hydrogen-bond donors (Lipinski definition) is 3. The van der Waals surface area contributed by atoms with Crippen LogP contribution in [0, 0.1) is 0 Å². The molecular formula is C21H23ClN2O4. The Bertz CT molecular complexity index is 902. The van der Waals surface area contributed by atoms with Crippen molar-refractivity contribution >= 4 is 30.1 Å². The maximum atomic E-state index is 11.2. The van der Waals surface area contributed by atoms with E-state index in [-0.39, 0.29) is 24.7 Å². The van der Waals surface area contributed by atoms with Crippen molar-refractivity contribution in [3.8, 4) is 16.9 Å². The number of para-hydroxylation sites is 1. The largest absolute Gasteiger partial charge is 0.496 e. The first-order chi connectivity index (χ1) is 13.1. The number of nitrogens with one attached hydrogen (secondary N) is 2. The Hall–Kier alpha value is -2.54. The molecule has 0 spiro atoms. The molecule has 2 aliphatic rings. The van der Waals surface area contributed by atoms with Crippen LogP contribution in [0.15, 0.2) is 43.0 Å². The number of anilines is 1. The average molecular weight is 403 g/mol. The van der Waals surface area contributed by atoms with Gasteiger partial charge in [-0.1, -0.05) is 30.9 Å². The van der Waals surface area contributed by atoms with Crippen LogP contribution in [0.25, 0.3) is 17.2 Å². The second kappa shape index (κ2) is 8.22. The maximum absolute atomic E-state index is 11.2. The molecule has 7 heteroatoms. The SMILES string of the molecule is C=Cc1cc2c(cc1OC)-c1ccccc1NC2O[C@H]1CN[C@H](C(=O)O)C1.Cl. The fraction of sp³-hybridized carbons (Fsp3) is 0.286. The van der Waals surface area contributed by atoms with Crippen molar-refractivity contribution in [2.45, 2.75) is 24.8 Å². The maximum Gasteiger partial charge on any atom is 0.320 e. The zero-order valence-electron chi connectivity index (χ0n) is 15.5. The Labute approximate surface area is 170 Å². The number of carbonyl (C=O) groups is 1. The Kier molecular flexibility index (Phi) is 5.93. The number of rotatable bonds is 5. The number of ether oxygens (including phenoxy) is 2. The van der Waals surface area contributed by atoms with E-state index in [0.29, 0.717) is 13.0 Å². The molecule has 0 amide bonds. The standard InChI is InChI=1S/C21H22N2O4.ClH/c1-3-12-8-16-15(10-19(12)26-2)14-6-4-5-7-17(14)23-20(16)27-13-9-18(21(24)25)22-11-13;/h3-8,10,13,18,20,22-23H,1,9,11H2,2H3,(H,24,25);1H/t13-,18+,20?;/m1./s1. The fourth-order valence-corrected chi connectivity index (χ4v) is 3.76. The molecule has 0 aliphatic carbocycles. The normalized spacial score (nSPS) is 22.2. The molecule has 0 aromatic heterocycles. The Morgan fingerprint density at radius 3 is 2.75 bits per heavy atom. The smallest absolute Gasteiger partial charge is 0.320 e. The van der Waals surface area contributed by atoms with Crippen molar-refractivity contribution in [3.05, 3.63) is 54.1 Å². The molecule has 4 rings (SSSR count). The van der Waals surface area contributed by atoms with Crippen molar-refractivity contribution in [1.29, 1.82) is 0 Å². The van der Waals surface area contributed by atoms with Gasteiger partial charge in [-0.15, -0.1) is 12.4 Å². The summed E-state index contributed by atoms with van der Waals surface area (Å²) in [7, 11) is 1.64. The highest BCUT2D eigenvalue weighted by atomic mass is 35.5. The zero-order chi connectivity index (χ0) is 19.0. The zero-order valence-corrected chi connectivity index (χ0v) is 16.3. The van der Waals surface area contributed by atoms with Crippen molar-refractivity contribution in [3.63, 3.8) is 0 Å². The summed E-state index contributed by atoms with van der Waals surface area (Å²) < 4.78 is 11.8. The lowest BCUT2D eigenvalue weighted by Crippen LogP contribution is -2.30. The van der Waals surface area contributed by atoms with Gasteiger partial charge in [-0.25, -0.2) is 0 Å². The van der Waals surface area contributed by atoms with Crippen LogP contribution < -0.4 is 15.4 Å². The van der Waals surface area contributed by atoms with Gasteiger partial charge in [0.1, 0.15) is 11.8 Å². The molecular weight excluding hydrogens is 380 g/mol. The highest BCUT2D eigenvalue weighted by Crippen LogP contribution is 2.44. The van der Waals surface area contributed by atoms with Gasteiger partial charge in [0.25, 0.3) is 0 Å². The van der Waals surface area contributed by atoms with Crippen LogP contribution in [-0.2, 0) is 9.53 Å². The van der Waals surface area contributed by atoms with E-state index in [4.69, 9.17) is 9.47 Å². The third-order valence-corrected chi connectivity index (χ3v) is 5.13. The Morgan fingerprint density at radius 2 is 2.07 bits per heavy atom. The van der Waals surface area contributed by atoms with E-state index in [2.05, 4.69) is 23.3 Å². The molecule has 28 heavy (non-hydrogen) atoms. The quantitative estimate of drug-likeness (QED) is 0.708. The van der Waals surface area contributed by atoms with Crippen molar-refractivity contribution in [2.24, 2.45) is 0 Å². The number of carboxylic acids is 1. The van der Waals surface area contributed by atoms with Crippen LogP contribution in [0.5, 0.6) is 5.75 Å². The van der Waals surface area contributed by atoms with Crippen LogP contribution in [0.2, 0.25) is 0 Å². The second-order valence-electron chi connectivity index (χ2n) is 6.75. The summed E-state index contributed by atoms with van der Waals surface area (Å²) in [5, 5.41) is 15.6. The van der Waals surface area contributed by atoms with Crippen LogP contribution in [0.3, 0.4) is 0 Å². The van der Waals surface area contributed by atoms with E-state index in [1.165, 1.54) is 0 Å². The summed E-state index contributed by atoms with van der Waals surface area (Å²) in [5.74, 6) is -0.0881. The van der Waals surface area contributed by atoms with Gasteiger partial charge in [0.2, 0.25) is 0 Å². The van der Waals surface area contributed by atoms with E-state index in [0.717, 1.165) is 33.7 Å². The molecule has 1 saturated heterocycles. The molecule has 1 unspecified atom stereocenters. The molecule has 2 aromatic rings. The monoisotopic (exact) mass is 402 g/mol. The van der Waals surface area contributed by atoms with E-state index in [1.807, 2.05) is 30.3 Å². The minimum atomic E-state index is -0.845. The minimum Gasteiger partial charge on any atom is -0.496 e. The third-order valence-electron chi connectivity index (χ3n) is 5.13. The number of benzene rings is 2. The number of carboxylic acid groups (broad SMARTS) is 1. The van der Waals surface area contributed by atoms with E-state index in [9.17, 15) is 9.90 Å². The molecule has 3 atom stereocenters. The summed E-state index contributed by atoms with van der Waals surface area (Å²) in [6, 6.07) is 11.5. The topological polar surface area (TPSA) is 79.8 Å². The molecule has 2 aromatic carbocycles. The summed E-state index contributed by atoms with van der Waals surface area (Å²) in [6.07, 6.45) is 1.64. The lowest BCUT2D eigenvalue weighted by molar-refractivity contribution is -0.139. The van der Waals surface area contributed by atoms with Gasteiger partial charge in [-0.05, 0) is 23.8 Å². The molecule has 2 aliphatic heterocycles. The number of hydrogen-bond acceptors (Lipinski definition) is 5. The van der Waals surface area contributed by atoms with Crippen molar-refractivity contribution < 1.29 is 19.4 Å². The third kappa shape index (κ3) is 3.58. The molecule has 2 heterocycles. The van der Waals surface area contributed by atoms with Crippen LogP contribution in [0.4, 0.5) is 5.69 Å². The summed E-state index contributed by atoms with van der Waals surface area (Å²) in [6.45, 7) is 4.38. The van der Waals surface area contributed by atoms with Crippen LogP contribution in [0.1, 0.15) is 23.8 Å². The van der Waals surface area contributed by atoms with E-state index < -0.39 is 12.0 Å². The van der Waals surface area contributed by atoms with Gasteiger partial charge in [-0.3, -0.25) is 4.79 Å². The number of methoxy groups -OCH3 is 1. The highest BCUT2D eigenvalue weighted by molar-refractivity contribution is 5.86. The molecule has 6 nitrogen and oxygen atoms in total. The van der Waals surface area contributed by atoms with E-state index in [1.54, 1.807) is 13.2 Å².